The maximum atomic E-state index is 8.62. The average molecular weight is 141 g/mol. The Morgan fingerprint density at radius 2 is 2.60 bits per heavy atom. The fourth-order valence-electron chi connectivity index (χ4n) is 0.723. The van der Waals surface area contributed by atoms with Gasteiger partial charge in [-0.05, 0) is 13.0 Å². The molecule has 56 valence electrons. The maximum Gasteiger partial charge on any atom is 0.0815 e. The zero-order chi connectivity index (χ0) is 7.56. The molecule has 4 N–H and O–H groups in total. The molecule has 0 unspecified atom stereocenters. The van der Waals surface area contributed by atoms with Crippen LogP contribution < -0.4 is 5.73 Å². The summed E-state index contributed by atoms with van der Waals surface area (Å²) < 4.78 is 0. The SMILES string of the molecule is Cc1cc([C@H](N)CO)n[nH]1. The molecule has 1 aromatic rings. The van der Waals surface area contributed by atoms with Gasteiger partial charge in [0.2, 0.25) is 0 Å². The van der Waals surface area contributed by atoms with Gasteiger partial charge in [-0.15, -0.1) is 0 Å². The predicted octanol–water partition coefficient (Wildman–Crippen LogP) is -0.290. The van der Waals surface area contributed by atoms with E-state index >= 15 is 0 Å². The van der Waals surface area contributed by atoms with Gasteiger partial charge in [0.25, 0.3) is 0 Å². The summed E-state index contributed by atoms with van der Waals surface area (Å²) in [6.45, 7) is 1.82. The van der Waals surface area contributed by atoms with Crippen molar-refractivity contribution in [1.82, 2.24) is 10.2 Å². The Bertz CT molecular complexity index is 209. The molecule has 10 heavy (non-hydrogen) atoms. The summed E-state index contributed by atoms with van der Waals surface area (Å²) >= 11 is 0. The molecule has 1 heterocycles. The van der Waals surface area contributed by atoms with Crippen molar-refractivity contribution in [2.75, 3.05) is 6.61 Å². The van der Waals surface area contributed by atoms with Gasteiger partial charge in [-0.3, -0.25) is 5.10 Å². The molecule has 0 saturated carbocycles. The zero-order valence-electron chi connectivity index (χ0n) is 5.83. The van der Waals surface area contributed by atoms with E-state index in [1.807, 2.05) is 13.0 Å². The molecular weight excluding hydrogens is 130 g/mol. The van der Waals surface area contributed by atoms with Crippen LogP contribution in [0.1, 0.15) is 17.4 Å². The van der Waals surface area contributed by atoms with Crippen LogP contribution in [0.5, 0.6) is 0 Å². The molecule has 4 heteroatoms. The second kappa shape index (κ2) is 2.81. The minimum atomic E-state index is -0.357. The highest BCUT2D eigenvalue weighted by molar-refractivity contribution is 5.10. The zero-order valence-corrected chi connectivity index (χ0v) is 5.83. The van der Waals surface area contributed by atoms with E-state index in [2.05, 4.69) is 10.2 Å². The minimum absolute atomic E-state index is 0.0652. The Hall–Kier alpha value is -0.870. The van der Waals surface area contributed by atoms with Gasteiger partial charge in [-0.25, -0.2) is 0 Å². The average Bonchev–Trinajstić information content (AvgIpc) is 2.34. The molecular formula is C6H11N3O. The van der Waals surface area contributed by atoms with Gasteiger partial charge in [-0.1, -0.05) is 0 Å². The van der Waals surface area contributed by atoms with E-state index < -0.39 is 0 Å². The highest BCUT2D eigenvalue weighted by atomic mass is 16.3. The van der Waals surface area contributed by atoms with E-state index in [-0.39, 0.29) is 12.6 Å². The van der Waals surface area contributed by atoms with Gasteiger partial charge in [0.1, 0.15) is 0 Å². The highest BCUT2D eigenvalue weighted by Crippen LogP contribution is 2.05. The standard InChI is InChI=1S/C6H11N3O/c1-4-2-6(9-8-4)5(7)3-10/h2,5,10H,3,7H2,1H3,(H,8,9)/t5-/m1/s1. The number of nitrogens with two attached hydrogens (primary N) is 1. The molecule has 0 aliphatic rings. The van der Waals surface area contributed by atoms with Crippen molar-refractivity contribution >= 4 is 0 Å². The third kappa shape index (κ3) is 1.34. The molecule has 0 aliphatic heterocycles. The fourth-order valence-corrected chi connectivity index (χ4v) is 0.723. The van der Waals surface area contributed by atoms with Crippen LogP contribution in [0.4, 0.5) is 0 Å². The van der Waals surface area contributed by atoms with Gasteiger partial charge < -0.3 is 10.8 Å². The van der Waals surface area contributed by atoms with Crippen LogP contribution in [-0.4, -0.2) is 21.9 Å². The summed E-state index contributed by atoms with van der Waals surface area (Å²) in [6.07, 6.45) is 0. The summed E-state index contributed by atoms with van der Waals surface area (Å²) in [5.41, 5.74) is 7.14. The first-order valence-electron chi connectivity index (χ1n) is 3.12. The van der Waals surface area contributed by atoms with E-state index in [0.717, 1.165) is 5.69 Å². The van der Waals surface area contributed by atoms with E-state index in [1.165, 1.54) is 0 Å². The van der Waals surface area contributed by atoms with Crippen LogP contribution in [0.25, 0.3) is 0 Å². The first-order chi connectivity index (χ1) is 4.74. The Morgan fingerprint density at radius 3 is 3.00 bits per heavy atom. The molecule has 0 saturated heterocycles. The van der Waals surface area contributed by atoms with E-state index in [4.69, 9.17) is 10.8 Å². The van der Waals surface area contributed by atoms with Crippen LogP contribution in [0.15, 0.2) is 6.07 Å². The summed E-state index contributed by atoms with van der Waals surface area (Å²) in [7, 11) is 0. The number of nitrogens with one attached hydrogen (secondary N) is 1. The number of rotatable bonds is 2. The summed E-state index contributed by atoms with van der Waals surface area (Å²) in [6, 6.07) is 1.46. The van der Waals surface area contributed by atoms with Crippen molar-refractivity contribution in [3.8, 4) is 0 Å². The first kappa shape index (κ1) is 7.24. The molecule has 1 atom stereocenters. The number of aliphatic hydroxyl groups excluding tert-OH is 1. The molecule has 0 aliphatic carbocycles. The largest absolute Gasteiger partial charge is 0.394 e. The molecule has 0 fully saturated rings. The Morgan fingerprint density at radius 1 is 1.90 bits per heavy atom. The molecule has 0 radical (unpaired) electrons. The molecule has 1 rings (SSSR count). The summed E-state index contributed by atoms with van der Waals surface area (Å²) in [5, 5.41) is 15.2. The lowest BCUT2D eigenvalue weighted by atomic mass is 10.2. The predicted molar refractivity (Wildman–Crippen MR) is 37.3 cm³/mol. The third-order valence-electron chi connectivity index (χ3n) is 1.30. The Labute approximate surface area is 59.1 Å². The number of hydrogen-bond acceptors (Lipinski definition) is 3. The van der Waals surface area contributed by atoms with Crippen molar-refractivity contribution in [3.05, 3.63) is 17.5 Å². The highest BCUT2D eigenvalue weighted by Gasteiger charge is 2.06. The molecule has 0 aromatic carbocycles. The van der Waals surface area contributed by atoms with Gasteiger partial charge in [0, 0.05) is 5.69 Å². The quantitative estimate of drug-likeness (QED) is 0.529. The lowest BCUT2D eigenvalue weighted by Crippen LogP contribution is -2.14. The lowest BCUT2D eigenvalue weighted by Gasteiger charge is -2.00. The van der Waals surface area contributed by atoms with Gasteiger partial charge in [0.15, 0.2) is 0 Å². The minimum Gasteiger partial charge on any atom is -0.394 e. The van der Waals surface area contributed by atoms with Crippen molar-refractivity contribution in [2.24, 2.45) is 5.73 Å². The topological polar surface area (TPSA) is 74.9 Å². The molecule has 0 amide bonds. The maximum absolute atomic E-state index is 8.62. The first-order valence-corrected chi connectivity index (χ1v) is 3.12. The van der Waals surface area contributed by atoms with Gasteiger partial charge in [-0.2, -0.15) is 5.10 Å². The van der Waals surface area contributed by atoms with Crippen LogP contribution in [0, 0.1) is 6.92 Å². The summed E-state index contributed by atoms with van der Waals surface area (Å²) in [5.74, 6) is 0. The van der Waals surface area contributed by atoms with Crippen LogP contribution >= 0.6 is 0 Å². The van der Waals surface area contributed by atoms with Crippen LogP contribution in [-0.2, 0) is 0 Å². The Balaban J connectivity index is 2.74. The smallest absolute Gasteiger partial charge is 0.0815 e. The number of hydrogen-bond donors (Lipinski definition) is 3. The lowest BCUT2D eigenvalue weighted by molar-refractivity contribution is 0.266. The van der Waals surface area contributed by atoms with Gasteiger partial charge in [0.05, 0.1) is 18.3 Å². The number of H-pyrrole nitrogens is 1. The van der Waals surface area contributed by atoms with E-state index in [0.29, 0.717) is 5.69 Å². The molecule has 0 spiro atoms. The van der Waals surface area contributed by atoms with Crippen LogP contribution in [0.2, 0.25) is 0 Å². The number of aromatic amines is 1. The van der Waals surface area contributed by atoms with Crippen molar-refractivity contribution in [1.29, 1.82) is 0 Å². The molecule has 1 aromatic heterocycles. The number of nitrogens with zero attached hydrogens (tertiary/aromatic N) is 1. The van der Waals surface area contributed by atoms with Crippen molar-refractivity contribution in [3.63, 3.8) is 0 Å². The monoisotopic (exact) mass is 141 g/mol. The molecule has 0 bridgehead atoms. The fraction of sp³-hybridized carbons (Fsp3) is 0.500. The normalized spacial score (nSPS) is 13.5. The molecule has 4 nitrogen and oxygen atoms in total. The Kier molecular flexibility index (Phi) is 2.03. The second-order valence-corrected chi connectivity index (χ2v) is 2.26. The third-order valence-corrected chi connectivity index (χ3v) is 1.30. The van der Waals surface area contributed by atoms with E-state index in [1.54, 1.807) is 0 Å². The van der Waals surface area contributed by atoms with E-state index in [9.17, 15) is 0 Å². The summed E-state index contributed by atoms with van der Waals surface area (Å²) in [4.78, 5) is 0. The number of aliphatic hydroxyl groups is 1. The van der Waals surface area contributed by atoms with Crippen molar-refractivity contribution < 1.29 is 5.11 Å². The van der Waals surface area contributed by atoms with Gasteiger partial charge >= 0.3 is 0 Å². The number of aromatic nitrogens is 2. The van der Waals surface area contributed by atoms with Crippen LogP contribution in [0.3, 0.4) is 0 Å². The second-order valence-electron chi connectivity index (χ2n) is 2.26. The number of aryl methyl sites for hydroxylation is 1. The van der Waals surface area contributed by atoms with Crippen molar-refractivity contribution in [2.45, 2.75) is 13.0 Å².